The fraction of sp³-hybridized carbons (Fsp3) is 1.00. The standard InChI is InChI=1S/C13H29N3O2S/c1-4-8-16(10-9-15(2)3)19(17,18)12-13-6-5-7-14-11-13/h13-14H,4-12H2,1-3H3. The van der Waals surface area contributed by atoms with Crippen molar-refractivity contribution in [2.24, 2.45) is 5.92 Å². The van der Waals surface area contributed by atoms with Gasteiger partial charge in [-0.2, -0.15) is 0 Å². The summed E-state index contributed by atoms with van der Waals surface area (Å²) < 4.78 is 26.6. The van der Waals surface area contributed by atoms with Crippen LogP contribution in [0.1, 0.15) is 26.2 Å². The second kappa shape index (κ2) is 8.19. The van der Waals surface area contributed by atoms with Gasteiger partial charge < -0.3 is 10.2 Å². The monoisotopic (exact) mass is 291 g/mol. The molecule has 1 heterocycles. The first-order valence-electron chi connectivity index (χ1n) is 7.29. The average molecular weight is 291 g/mol. The van der Waals surface area contributed by atoms with Crippen molar-refractivity contribution >= 4 is 10.0 Å². The normalized spacial score (nSPS) is 21.2. The SMILES string of the molecule is CCCN(CCN(C)C)S(=O)(=O)CC1CCCNC1. The first-order chi connectivity index (χ1) is 8.95. The number of hydrogen-bond acceptors (Lipinski definition) is 4. The molecule has 1 N–H and O–H groups in total. The predicted molar refractivity (Wildman–Crippen MR) is 79.8 cm³/mol. The van der Waals surface area contributed by atoms with Gasteiger partial charge in [-0.15, -0.1) is 0 Å². The van der Waals surface area contributed by atoms with Crippen molar-refractivity contribution in [3.8, 4) is 0 Å². The van der Waals surface area contributed by atoms with Crippen LogP contribution in [-0.4, -0.2) is 70.2 Å². The van der Waals surface area contributed by atoms with Gasteiger partial charge in [0.15, 0.2) is 0 Å². The molecule has 0 radical (unpaired) electrons. The Morgan fingerprint density at radius 1 is 1.21 bits per heavy atom. The van der Waals surface area contributed by atoms with Crippen LogP contribution in [0.5, 0.6) is 0 Å². The fourth-order valence-electron chi connectivity index (χ4n) is 2.42. The van der Waals surface area contributed by atoms with Gasteiger partial charge in [0.25, 0.3) is 0 Å². The van der Waals surface area contributed by atoms with E-state index in [1.165, 1.54) is 0 Å². The van der Waals surface area contributed by atoms with Crippen LogP contribution in [0.2, 0.25) is 0 Å². The largest absolute Gasteiger partial charge is 0.316 e. The van der Waals surface area contributed by atoms with Crippen molar-refractivity contribution in [1.29, 1.82) is 0 Å². The number of nitrogens with zero attached hydrogens (tertiary/aromatic N) is 2. The van der Waals surface area contributed by atoms with Crippen LogP contribution < -0.4 is 5.32 Å². The van der Waals surface area contributed by atoms with Crippen molar-refractivity contribution < 1.29 is 8.42 Å². The van der Waals surface area contributed by atoms with E-state index in [0.29, 0.717) is 18.8 Å². The lowest BCUT2D eigenvalue weighted by molar-refractivity contribution is 0.327. The molecule has 0 aromatic carbocycles. The highest BCUT2D eigenvalue weighted by Gasteiger charge is 2.26. The van der Waals surface area contributed by atoms with E-state index in [0.717, 1.165) is 38.9 Å². The molecule has 1 atom stereocenters. The topological polar surface area (TPSA) is 52.7 Å². The van der Waals surface area contributed by atoms with Crippen LogP contribution in [0, 0.1) is 5.92 Å². The molecule has 0 aromatic heterocycles. The van der Waals surface area contributed by atoms with Gasteiger partial charge in [0, 0.05) is 19.6 Å². The third-order valence-electron chi connectivity index (χ3n) is 3.51. The number of rotatable bonds is 8. The summed E-state index contributed by atoms with van der Waals surface area (Å²) in [7, 11) is 0.835. The molecule has 1 rings (SSSR count). The van der Waals surface area contributed by atoms with E-state index in [1.54, 1.807) is 4.31 Å². The van der Waals surface area contributed by atoms with Crippen LogP contribution in [0.25, 0.3) is 0 Å². The van der Waals surface area contributed by atoms with E-state index in [1.807, 2.05) is 25.9 Å². The summed E-state index contributed by atoms with van der Waals surface area (Å²) in [6.07, 6.45) is 2.99. The number of piperidine rings is 1. The Morgan fingerprint density at radius 3 is 2.47 bits per heavy atom. The molecular formula is C13H29N3O2S. The molecule has 19 heavy (non-hydrogen) atoms. The zero-order valence-corrected chi connectivity index (χ0v) is 13.4. The number of likely N-dealkylation sites (N-methyl/N-ethyl adjacent to an activating group) is 1. The molecule has 1 aliphatic rings. The van der Waals surface area contributed by atoms with Crippen LogP contribution in [0.4, 0.5) is 0 Å². The van der Waals surface area contributed by atoms with E-state index < -0.39 is 10.0 Å². The van der Waals surface area contributed by atoms with Crippen LogP contribution in [-0.2, 0) is 10.0 Å². The van der Waals surface area contributed by atoms with Crippen molar-refractivity contribution in [1.82, 2.24) is 14.5 Å². The molecule has 1 saturated heterocycles. The van der Waals surface area contributed by atoms with Crippen LogP contribution >= 0.6 is 0 Å². The Hall–Kier alpha value is -0.170. The predicted octanol–water partition coefficient (Wildman–Crippen LogP) is 0.589. The molecule has 0 saturated carbocycles. The Kier molecular flexibility index (Phi) is 7.28. The van der Waals surface area contributed by atoms with Gasteiger partial charge in [0.05, 0.1) is 5.75 Å². The number of nitrogens with one attached hydrogen (secondary N) is 1. The Bertz CT molecular complexity index is 338. The Morgan fingerprint density at radius 2 is 1.95 bits per heavy atom. The lowest BCUT2D eigenvalue weighted by Gasteiger charge is -2.28. The molecule has 1 fully saturated rings. The summed E-state index contributed by atoms with van der Waals surface area (Å²) in [5.41, 5.74) is 0. The summed E-state index contributed by atoms with van der Waals surface area (Å²) in [6, 6.07) is 0. The van der Waals surface area contributed by atoms with Crippen LogP contribution in [0.15, 0.2) is 0 Å². The minimum absolute atomic E-state index is 0.275. The van der Waals surface area contributed by atoms with E-state index >= 15 is 0 Å². The molecule has 0 spiro atoms. The Labute approximate surface area is 118 Å². The summed E-state index contributed by atoms with van der Waals surface area (Å²) in [5.74, 6) is 0.574. The summed E-state index contributed by atoms with van der Waals surface area (Å²) in [5, 5.41) is 3.29. The highest BCUT2D eigenvalue weighted by atomic mass is 32.2. The zero-order valence-electron chi connectivity index (χ0n) is 12.6. The molecule has 1 unspecified atom stereocenters. The third-order valence-corrected chi connectivity index (χ3v) is 5.55. The zero-order chi connectivity index (χ0) is 14.3. The maximum Gasteiger partial charge on any atom is 0.214 e. The molecule has 0 aliphatic carbocycles. The number of hydrogen-bond donors (Lipinski definition) is 1. The smallest absolute Gasteiger partial charge is 0.214 e. The lowest BCUT2D eigenvalue weighted by Crippen LogP contribution is -2.42. The summed E-state index contributed by atoms with van der Waals surface area (Å²) >= 11 is 0. The Balaban J connectivity index is 2.57. The molecule has 6 heteroatoms. The maximum atomic E-state index is 12.5. The highest BCUT2D eigenvalue weighted by Crippen LogP contribution is 2.15. The molecular weight excluding hydrogens is 262 g/mol. The number of sulfonamides is 1. The quantitative estimate of drug-likeness (QED) is 0.711. The summed E-state index contributed by atoms with van der Waals surface area (Å²) in [4.78, 5) is 2.03. The minimum Gasteiger partial charge on any atom is -0.316 e. The summed E-state index contributed by atoms with van der Waals surface area (Å²) in [6.45, 7) is 5.91. The van der Waals surface area contributed by atoms with Crippen molar-refractivity contribution in [2.75, 3.05) is 52.6 Å². The molecule has 1 aliphatic heterocycles. The molecule has 0 bridgehead atoms. The maximum absolute atomic E-state index is 12.5. The van der Waals surface area contributed by atoms with Gasteiger partial charge >= 0.3 is 0 Å². The molecule has 0 aromatic rings. The van der Waals surface area contributed by atoms with E-state index in [9.17, 15) is 8.42 Å². The molecule has 5 nitrogen and oxygen atoms in total. The average Bonchev–Trinajstić information content (AvgIpc) is 2.34. The van der Waals surface area contributed by atoms with Gasteiger partial charge in [0.2, 0.25) is 10.0 Å². The molecule has 114 valence electrons. The minimum atomic E-state index is -3.11. The lowest BCUT2D eigenvalue weighted by atomic mass is 10.0. The van der Waals surface area contributed by atoms with Crippen LogP contribution in [0.3, 0.4) is 0 Å². The first kappa shape index (κ1) is 16.9. The molecule has 0 amide bonds. The van der Waals surface area contributed by atoms with Gasteiger partial charge in [-0.25, -0.2) is 12.7 Å². The first-order valence-corrected chi connectivity index (χ1v) is 8.90. The van der Waals surface area contributed by atoms with Gasteiger partial charge in [0.1, 0.15) is 0 Å². The van der Waals surface area contributed by atoms with Crippen molar-refractivity contribution in [2.45, 2.75) is 26.2 Å². The highest BCUT2D eigenvalue weighted by molar-refractivity contribution is 7.89. The van der Waals surface area contributed by atoms with E-state index in [4.69, 9.17) is 0 Å². The van der Waals surface area contributed by atoms with Gasteiger partial charge in [-0.3, -0.25) is 0 Å². The second-order valence-electron chi connectivity index (χ2n) is 5.69. The third kappa shape index (κ3) is 6.21. The fourth-order valence-corrected chi connectivity index (χ4v) is 4.33. The van der Waals surface area contributed by atoms with E-state index in [2.05, 4.69) is 5.32 Å². The van der Waals surface area contributed by atoms with Crippen molar-refractivity contribution in [3.63, 3.8) is 0 Å². The van der Waals surface area contributed by atoms with Gasteiger partial charge in [-0.05, 0) is 52.4 Å². The second-order valence-corrected chi connectivity index (χ2v) is 7.71. The van der Waals surface area contributed by atoms with Crippen molar-refractivity contribution in [3.05, 3.63) is 0 Å². The van der Waals surface area contributed by atoms with E-state index in [-0.39, 0.29) is 5.92 Å². The van der Waals surface area contributed by atoms with Gasteiger partial charge in [-0.1, -0.05) is 6.92 Å².